The highest BCUT2D eigenvalue weighted by molar-refractivity contribution is 6.31. The van der Waals surface area contributed by atoms with Crippen LogP contribution in [-0.4, -0.2) is 196 Å². The molecule has 1 unspecified atom stereocenters. The zero-order valence-corrected chi connectivity index (χ0v) is 45.9. The Morgan fingerprint density at radius 2 is 1.43 bits per heavy atom. The molecule has 0 spiro atoms. The Labute approximate surface area is 469 Å². The average molecular weight is 1150 g/mol. The van der Waals surface area contributed by atoms with Gasteiger partial charge in [0.2, 0.25) is 41.2 Å². The summed E-state index contributed by atoms with van der Waals surface area (Å²) in [5.74, 6) is -11.0. The number of aliphatic hydroxyl groups is 3. The lowest BCUT2D eigenvalue weighted by Crippen LogP contribution is -2.61. The Balaban J connectivity index is 1.08. The van der Waals surface area contributed by atoms with Crippen molar-refractivity contribution in [2.75, 3.05) is 46.7 Å². The molecule has 28 nitrogen and oxygen atoms in total. The van der Waals surface area contributed by atoms with Crippen LogP contribution in [0.1, 0.15) is 116 Å². The summed E-state index contributed by atoms with van der Waals surface area (Å²) < 4.78 is 28.3. The fourth-order valence-electron chi connectivity index (χ4n) is 9.90. The number of carbonyl (C=O) groups excluding carboxylic acids is 11. The molecule has 82 heavy (non-hydrogen) atoms. The van der Waals surface area contributed by atoms with E-state index in [0.29, 0.717) is 0 Å². The molecule has 8 amide bonds. The van der Waals surface area contributed by atoms with Gasteiger partial charge in [-0.3, -0.25) is 57.6 Å². The molecule has 1 fully saturated rings. The Bertz CT molecular complexity index is 2880. The molecule has 2 aliphatic carbocycles. The second-order valence-corrected chi connectivity index (χ2v) is 20.7. The van der Waals surface area contributed by atoms with Gasteiger partial charge in [0.1, 0.15) is 59.7 Å². The number of amides is 8. The summed E-state index contributed by atoms with van der Waals surface area (Å²) in [4.78, 5) is 145. The number of nitrogens with zero attached hydrogens (tertiary/aromatic N) is 1. The Morgan fingerprint density at radius 1 is 0.805 bits per heavy atom. The first-order chi connectivity index (χ1) is 38.7. The molecule has 1 saturated heterocycles. The molecule has 2 aromatic rings. The summed E-state index contributed by atoms with van der Waals surface area (Å²) in [6, 6.07) is -2.64. The molecular weight excluding hydrogens is 1080 g/mol. The van der Waals surface area contributed by atoms with Crippen LogP contribution in [0.4, 0.5) is 0 Å². The van der Waals surface area contributed by atoms with Crippen molar-refractivity contribution in [3.8, 4) is 17.2 Å². The maximum Gasteiger partial charge on any atom is 0.253 e. The van der Waals surface area contributed by atoms with E-state index in [1.807, 2.05) is 0 Å². The van der Waals surface area contributed by atoms with Gasteiger partial charge in [0.05, 0.1) is 81.4 Å². The van der Waals surface area contributed by atoms with E-state index in [4.69, 9.17) is 29.4 Å². The van der Waals surface area contributed by atoms with E-state index in [2.05, 4.69) is 26.6 Å². The van der Waals surface area contributed by atoms with Gasteiger partial charge in [0.15, 0.2) is 17.9 Å². The number of benzene rings is 2. The third-order valence-electron chi connectivity index (χ3n) is 14.2. The molecule has 28 heteroatoms. The zero-order valence-electron chi connectivity index (χ0n) is 45.9. The van der Waals surface area contributed by atoms with E-state index in [-0.39, 0.29) is 86.2 Å². The second kappa shape index (κ2) is 27.4. The number of ether oxygens (including phenoxy) is 5. The number of hydrogen-bond donors (Lipinski definition) is 11. The highest BCUT2D eigenvalue weighted by atomic mass is 16.7. The number of nitrogens with two attached hydrogens (primary N) is 1. The van der Waals surface area contributed by atoms with Crippen molar-refractivity contribution in [3.63, 3.8) is 0 Å². The molecule has 0 aromatic heterocycles. The number of aromatic hydroxyl groups is 2. The molecule has 2 aromatic carbocycles. The Hall–Kier alpha value is -7.73. The number of fused-ring (bicyclic) bond motifs is 3. The van der Waals surface area contributed by atoms with Crippen LogP contribution in [0.15, 0.2) is 30.4 Å². The first-order valence-electron chi connectivity index (χ1n) is 26.4. The van der Waals surface area contributed by atoms with Gasteiger partial charge in [-0.05, 0) is 39.2 Å². The predicted molar refractivity (Wildman–Crippen MR) is 280 cm³/mol. The standard InChI is InChI=1S/C54H69N7O21/c1-24(2)18-31(60-53(76)32(19-36(55)64)59-51(74)26(4)57-50(73)25(3)56-37(65)12-14-79-16-17-80-15-13-61-38(66)10-11-39(61)67)52(75)58-30-20-40(81-27(5)45(30)68)82-34-22-54(77,35(63)23-62)21-29-42(34)49(72)44-43(47(29)70)46(69)28-8-7-9-33(78-6)41(28)48(44)71/h7-11,24-27,30-32,34,40,45,62,68,70,72,77H,12-23H2,1-6H3,(H2,55,64)(H,56,65)(H,57,73)(H,58,75)(H,59,74)(H,60,76)/t25-,26-,27+,30+,31?,32-,34+,40+,45-,54+/m1/s1. The number of hydrogen-bond acceptors (Lipinski definition) is 21. The van der Waals surface area contributed by atoms with Gasteiger partial charge in [-0.2, -0.15) is 0 Å². The molecule has 0 saturated carbocycles. The SMILES string of the molecule is COc1cccc2c1C(=O)c1c(O)c3c(c(O)c1C2=O)C[C@@](O)(C(=O)CO)C[C@@H]3O[C@H]1C[C@H](NC(=O)C(CC(C)C)NC(=O)[C@@H](CC(N)=O)NC(=O)[C@@H](C)NC(=O)[C@@H](C)NC(=O)CCOCCOCCN2C(=O)C=CC2=O)[C@H](O)[C@H](C)O1. The lowest BCUT2D eigenvalue weighted by Gasteiger charge is -2.43. The summed E-state index contributed by atoms with van der Waals surface area (Å²) in [7, 11) is 1.26. The van der Waals surface area contributed by atoms with Crippen LogP contribution < -0.4 is 37.1 Å². The molecule has 4 aliphatic rings. The van der Waals surface area contributed by atoms with Gasteiger partial charge in [-0.25, -0.2) is 0 Å². The van der Waals surface area contributed by atoms with Crippen molar-refractivity contribution in [1.82, 2.24) is 31.5 Å². The lowest BCUT2D eigenvalue weighted by atomic mass is 9.72. The minimum atomic E-state index is -2.47. The van der Waals surface area contributed by atoms with Crippen molar-refractivity contribution < 1.29 is 102 Å². The van der Waals surface area contributed by atoms with Crippen LogP contribution in [0.2, 0.25) is 0 Å². The number of methoxy groups -OCH3 is 1. The maximum absolute atomic E-state index is 14.2. The van der Waals surface area contributed by atoms with Crippen LogP contribution in [0.25, 0.3) is 0 Å². The molecule has 0 bridgehead atoms. The van der Waals surface area contributed by atoms with Crippen molar-refractivity contribution in [1.29, 1.82) is 0 Å². The number of imide groups is 1. The predicted octanol–water partition coefficient (Wildman–Crippen LogP) is -2.59. The molecule has 446 valence electrons. The highest BCUT2D eigenvalue weighted by Crippen LogP contribution is 2.52. The number of ketones is 3. The van der Waals surface area contributed by atoms with Gasteiger partial charge < -0.3 is 81.5 Å². The summed E-state index contributed by atoms with van der Waals surface area (Å²) in [6.45, 7) is 6.64. The second-order valence-electron chi connectivity index (χ2n) is 20.7. The minimum absolute atomic E-state index is 0.00609. The summed E-state index contributed by atoms with van der Waals surface area (Å²) in [5, 5.41) is 69.1. The number of rotatable bonds is 27. The number of carbonyl (C=O) groups is 11. The summed E-state index contributed by atoms with van der Waals surface area (Å²) >= 11 is 0. The van der Waals surface area contributed by atoms with Gasteiger partial charge in [0.25, 0.3) is 11.8 Å². The minimum Gasteiger partial charge on any atom is -0.507 e. The molecule has 2 heterocycles. The van der Waals surface area contributed by atoms with E-state index in [1.165, 1.54) is 46.1 Å². The van der Waals surface area contributed by atoms with Crippen LogP contribution >= 0.6 is 0 Å². The fourth-order valence-corrected chi connectivity index (χ4v) is 9.90. The van der Waals surface area contributed by atoms with Crippen LogP contribution in [0.3, 0.4) is 0 Å². The number of aliphatic hydroxyl groups excluding tert-OH is 2. The summed E-state index contributed by atoms with van der Waals surface area (Å²) in [6.07, 6.45) is -6.11. The molecular formula is C54H69N7O21. The van der Waals surface area contributed by atoms with Crippen LogP contribution in [0, 0.1) is 5.92 Å². The van der Waals surface area contributed by atoms with Crippen molar-refractivity contribution in [2.45, 2.75) is 134 Å². The smallest absolute Gasteiger partial charge is 0.253 e. The molecule has 2 aliphatic heterocycles. The topological polar surface area (TPSA) is 424 Å². The first kappa shape index (κ1) is 63.5. The Kier molecular flexibility index (Phi) is 21.2. The number of primary amides is 1. The van der Waals surface area contributed by atoms with E-state index in [9.17, 15) is 78.3 Å². The molecule has 12 N–H and O–H groups in total. The first-order valence-corrected chi connectivity index (χ1v) is 26.4. The van der Waals surface area contributed by atoms with Gasteiger partial charge in [-0.15, -0.1) is 0 Å². The normalized spacial score (nSPS) is 22.5. The van der Waals surface area contributed by atoms with Crippen molar-refractivity contribution in [3.05, 3.63) is 63.7 Å². The van der Waals surface area contributed by atoms with E-state index >= 15 is 0 Å². The molecule has 0 radical (unpaired) electrons. The maximum atomic E-state index is 14.2. The number of nitrogens with one attached hydrogen (secondary N) is 5. The van der Waals surface area contributed by atoms with Crippen molar-refractivity contribution >= 4 is 64.6 Å². The van der Waals surface area contributed by atoms with Crippen LogP contribution in [0.5, 0.6) is 17.2 Å². The fraction of sp³-hybridized carbons (Fsp3) is 0.537. The lowest BCUT2D eigenvalue weighted by molar-refractivity contribution is -0.249. The number of phenols is 2. The van der Waals surface area contributed by atoms with E-state index < -0.39 is 174 Å². The highest BCUT2D eigenvalue weighted by Gasteiger charge is 2.51. The number of phenolic OH excluding ortho intramolecular Hbond substituents is 2. The van der Waals surface area contributed by atoms with Gasteiger partial charge >= 0.3 is 0 Å². The molecule has 10 atom stereocenters. The quantitative estimate of drug-likeness (QED) is 0.0212. The van der Waals surface area contributed by atoms with Gasteiger partial charge in [-0.1, -0.05) is 26.0 Å². The van der Waals surface area contributed by atoms with E-state index in [1.54, 1.807) is 13.8 Å². The third kappa shape index (κ3) is 14.7. The third-order valence-corrected chi connectivity index (χ3v) is 14.2. The van der Waals surface area contributed by atoms with E-state index in [0.717, 1.165) is 17.1 Å². The largest absolute Gasteiger partial charge is 0.507 e. The van der Waals surface area contributed by atoms with Crippen LogP contribution in [-0.2, 0) is 68.5 Å². The Morgan fingerprint density at radius 3 is 2.06 bits per heavy atom. The van der Waals surface area contributed by atoms with Crippen molar-refractivity contribution in [2.24, 2.45) is 11.7 Å². The zero-order chi connectivity index (χ0) is 60.5. The monoisotopic (exact) mass is 1150 g/mol. The molecule has 6 rings (SSSR count). The average Bonchev–Trinajstić information content (AvgIpc) is 2.37. The van der Waals surface area contributed by atoms with Gasteiger partial charge in [0, 0.05) is 54.5 Å². The number of Topliss-reactive ketones (excluding diaryl/α,β-unsaturated/α-hetero) is 1. The summed E-state index contributed by atoms with van der Waals surface area (Å²) in [5.41, 5.74) is 0.746.